The first-order valence-electron chi connectivity index (χ1n) is 6.17. The van der Waals surface area contributed by atoms with Gasteiger partial charge in [-0.15, -0.1) is 11.8 Å². The molecule has 1 aromatic carbocycles. The lowest BCUT2D eigenvalue weighted by Crippen LogP contribution is -1.96. The van der Waals surface area contributed by atoms with Gasteiger partial charge < -0.3 is 15.2 Å². The zero-order valence-electron chi connectivity index (χ0n) is 10.8. The lowest BCUT2D eigenvalue weighted by atomic mass is 10.3. The van der Waals surface area contributed by atoms with Crippen molar-refractivity contribution in [3.63, 3.8) is 0 Å². The normalized spacial score (nSPS) is 10.9. The van der Waals surface area contributed by atoms with Gasteiger partial charge in [-0.1, -0.05) is 12.1 Å². The molecule has 3 aromatic rings. The predicted molar refractivity (Wildman–Crippen MR) is 79.5 cm³/mol. The quantitative estimate of drug-likeness (QED) is 0.454. The zero-order chi connectivity index (χ0) is 14.8. The molecule has 2 aromatic heterocycles. The number of aromatic hydroxyl groups is 1. The molecular formula is C14H11N3O3S. The van der Waals surface area contributed by atoms with Crippen LogP contribution in [0.15, 0.2) is 53.6 Å². The van der Waals surface area contributed by atoms with E-state index in [1.165, 1.54) is 16.2 Å². The van der Waals surface area contributed by atoms with Crippen LogP contribution in [0.1, 0.15) is 5.69 Å². The number of phenols is 1. The van der Waals surface area contributed by atoms with Gasteiger partial charge in [0.05, 0.1) is 6.20 Å². The highest BCUT2D eigenvalue weighted by atomic mass is 32.2. The molecule has 0 radical (unpaired) electrons. The highest BCUT2D eigenvalue weighted by molar-refractivity contribution is 7.98. The number of nitrogens with zero attached hydrogens (tertiary/aromatic N) is 3. The fourth-order valence-electron chi connectivity index (χ4n) is 2.05. The van der Waals surface area contributed by atoms with Crippen LogP contribution in [0, 0.1) is 10.1 Å². The zero-order valence-corrected chi connectivity index (χ0v) is 11.7. The van der Waals surface area contributed by atoms with Crippen LogP contribution in [0.5, 0.6) is 5.75 Å². The van der Waals surface area contributed by atoms with Gasteiger partial charge in [-0.3, -0.25) is 0 Å². The van der Waals surface area contributed by atoms with Crippen molar-refractivity contribution in [3.8, 4) is 5.75 Å². The van der Waals surface area contributed by atoms with Gasteiger partial charge in [-0.25, -0.2) is 4.98 Å². The molecule has 1 N–H and O–H groups in total. The maximum Gasteiger partial charge on any atom is 0.351 e. The number of hydrogen-bond donors (Lipinski definition) is 1. The summed E-state index contributed by atoms with van der Waals surface area (Å²) in [6.07, 6.45) is 1.63. The molecule has 106 valence electrons. The molecule has 0 saturated heterocycles. The third-order valence-electron chi connectivity index (χ3n) is 2.94. The minimum Gasteiger partial charge on any atom is -0.508 e. The van der Waals surface area contributed by atoms with E-state index in [2.05, 4.69) is 4.98 Å². The summed E-state index contributed by atoms with van der Waals surface area (Å²) in [7, 11) is 0. The number of pyridine rings is 1. The lowest BCUT2D eigenvalue weighted by Gasteiger charge is -2.00. The Bertz CT molecular complexity index is 816. The van der Waals surface area contributed by atoms with E-state index in [0.717, 1.165) is 4.90 Å². The second kappa shape index (κ2) is 5.45. The van der Waals surface area contributed by atoms with Gasteiger partial charge in [0.25, 0.3) is 0 Å². The summed E-state index contributed by atoms with van der Waals surface area (Å²) < 4.78 is 1.47. The molecule has 6 nitrogen and oxygen atoms in total. The van der Waals surface area contributed by atoms with Crippen molar-refractivity contribution in [2.24, 2.45) is 0 Å². The minimum absolute atomic E-state index is 0.0155. The van der Waals surface area contributed by atoms with Crippen LogP contribution in [0.2, 0.25) is 0 Å². The standard InChI is InChI=1S/C14H11N3O3S/c18-10-4-3-5-11(8-10)21-9-12-14(17(19)20)16-7-2-1-6-13(16)15-12/h1-8,18H,9H2. The van der Waals surface area contributed by atoms with E-state index in [9.17, 15) is 15.2 Å². The van der Waals surface area contributed by atoms with Gasteiger partial charge in [0, 0.05) is 16.7 Å². The molecule has 3 rings (SSSR count). The van der Waals surface area contributed by atoms with Crippen molar-refractivity contribution in [1.29, 1.82) is 0 Å². The number of imidazole rings is 1. The Balaban J connectivity index is 1.93. The number of fused-ring (bicyclic) bond motifs is 1. The Morgan fingerprint density at radius 3 is 2.90 bits per heavy atom. The van der Waals surface area contributed by atoms with Crippen LogP contribution < -0.4 is 0 Å². The van der Waals surface area contributed by atoms with Crippen LogP contribution in [0.3, 0.4) is 0 Å². The Morgan fingerprint density at radius 1 is 1.29 bits per heavy atom. The molecule has 0 aliphatic rings. The van der Waals surface area contributed by atoms with Gasteiger partial charge >= 0.3 is 5.82 Å². The molecule has 2 heterocycles. The maximum absolute atomic E-state index is 11.3. The average molecular weight is 301 g/mol. The van der Waals surface area contributed by atoms with Crippen molar-refractivity contribution in [1.82, 2.24) is 9.38 Å². The Hall–Kier alpha value is -2.54. The van der Waals surface area contributed by atoms with Crippen LogP contribution in [-0.4, -0.2) is 19.4 Å². The van der Waals surface area contributed by atoms with Crippen molar-refractivity contribution >= 4 is 23.2 Å². The molecule has 0 spiro atoms. The Labute approximate surface area is 124 Å². The molecule has 0 unspecified atom stereocenters. The summed E-state index contributed by atoms with van der Waals surface area (Å²) in [5, 5.41) is 20.7. The summed E-state index contributed by atoms with van der Waals surface area (Å²) in [5.74, 6) is 0.518. The largest absolute Gasteiger partial charge is 0.508 e. The van der Waals surface area contributed by atoms with Crippen molar-refractivity contribution < 1.29 is 10.0 Å². The SMILES string of the molecule is O=[N+]([O-])c1c(CSc2cccc(O)c2)nc2ccccn12. The number of aromatic nitrogens is 2. The van der Waals surface area contributed by atoms with E-state index in [0.29, 0.717) is 17.1 Å². The predicted octanol–water partition coefficient (Wildman–Crippen LogP) is 3.24. The average Bonchev–Trinajstić information content (AvgIpc) is 2.83. The number of thioether (sulfide) groups is 1. The van der Waals surface area contributed by atoms with Gasteiger partial charge in [-0.05, 0) is 29.2 Å². The third kappa shape index (κ3) is 2.68. The van der Waals surface area contributed by atoms with Gasteiger partial charge in [0.1, 0.15) is 11.4 Å². The first kappa shape index (κ1) is 13.4. The molecule has 0 saturated carbocycles. The maximum atomic E-state index is 11.3. The number of nitro groups is 1. The number of rotatable bonds is 4. The van der Waals surface area contributed by atoms with Crippen molar-refractivity contribution in [3.05, 3.63) is 64.5 Å². The molecule has 0 fully saturated rings. The minimum atomic E-state index is -0.418. The second-order valence-electron chi connectivity index (χ2n) is 4.35. The molecule has 0 atom stereocenters. The second-order valence-corrected chi connectivity index (χ2v) is 5.40. The fraction of sp³-hybridized carbons (Fsp3) is 0.0714. The lowest BCUT2D eigenvalue weighted by molar-refractivity contribution is -0.391. The van der Waals surface area contributed by atoms with Crippen LogP contribution in [0.4, 0.5) is 5.82 Å². The Morgan fingerprint density at radius 2 is 2.14 bits per heavy atom. The van der Waals surface area contributed by atoms with Crippen molar-refractivity contribution in [2.45, 2.75) is 10.6 Å². The topological polar surface area (TPSA) is 80.7 Å². The van der Waals surface area contributed by atoms with Gasteiger partial charge in [0.2, 0.25) is 5.65 Å². The fourth-order valence-corrected chi connectivity index (χ4v) is 2.92. The number of phenolic OH excluding ortho intramolecular Hbond substituents is 1. The summed E-state index contributed by atoms with van der Waals surface area (Å²) in [6, 6.07) is 12.0. The summed E-state index contributed by atoms with van der Waals surface area (Å²) in [6.45, 7) is 0. The summed E-state index contributed by atoms with van der Waals surface area (Å²) >= 11 is 1.39. The molecule has 0 aliphatic heterocycles. The third-order valence-corrected chi connectivity index (χ3v) is 3.95. The van der Waals surface area contributed by atoms with E-state index in [-0.39, 0.29) is 11.6 Å². The van der Waals surface area contributed by atoms with Crippen LogP contribution >= 0.6 is 11.8 Å². The van der Waals surface area contributed by atoms with Crippen molar-refractivity contribution in [2.75, 3.05) is 0 Å². The Kier molecular flexibility index (Phi) is 3.49. The monoisotopic (exact) mass is 301 g/mol. The van der Waals surface area contributed by atoms with Crippen LogP contribution in [0.25, 0.3) is 5.65 Å². The summed E-state index contributed by atoms with van der Waals surface area (Å²) in [5.41, 5.74) is 0.968. The van der Waals surface area contributed by atoms with Crippen LogP contribution in [-0.2, 0) is 5.75 Å². The van der Waals surface area contributed by atoms with E-state index in [1.807, 2.05) is 6.07 Å². The van der Waals surface area contributed by atoms with Gasteiger partial charge in [0.15, 0.2) is 0 Å². The highest BCUT2D eigenvalue weighted by Gasteiger charge is 2.21. The first-order valence-corrected chi connectivity index (χ1v) is 7.16. The molecular weight excluding hydrogens is 290 g/mol. The molecule has 0 amide bonds. The molecule has 0 bridgehead atoms. The molecule has 7 heteroatoms. The number of hydrogen-bond acceptors (Lipinski definition) is 5. The molecule has 21 heavy (non-hydrogen) atoms. The first-order chi connectivity index (χ1) is 10.1. The van der Waals surface area contributed by atoms with E-state index in [1.54, 1.807) is 42.6 Å². The highest BCUT2D eigenvalue weighted by Crippen LogP contribution is 2.29. The van der Waals surface area contributed by atoms with Gasteiger partial charge in [-0.2, -0.15) is 4.40 Å². The van der Waals surface area contributed by atoms with E-state index < -0.39 is 4.92 Å². The smallest absolute Gasteiger partial charge is 0.351 e. The number of benzene rings is 1. The molecule has 0 aliphatic carbocycles. The summed E-state index contributed by atoms with van der Waals surface area (Å²) in [4.78, 5) is 16.0. The van der Waals surface area contributed by atoms with E-state index >= 15 is 0 Å². The van der Waals surface area contributed by atoms with E-state index in [4.69, 9.17) is 0 Å².